The highest BCUT2D eigenvalue weighted by molar-refractivity contribution is 8.04. The van der Waals surface area contributed by atoms with Gasteiger partial charge in [0.15, 0.2) is 0 Å². The Balaban J connectivity index is 3.04. The third-order valence-corrected chi connectivity index (χ3v) is 2.90. The van der Waals surface area contributed by atoms with Crippen molar-refractivity contribution in [1.29, 1.82) is 5.26 Å². The first-order chi connectivity index (χ1) is 6.85. The number of rotatable bonds is 2. The zero-order valence-corrected chi connectivity index (χ0v) is 10.2. The Bertz CT molecular complexity index is 352. The second-order valence-electron chi connectivity index (χ2n) is 4.18. The highest BCUT2D eigenvalue weighted by atomic mass is 32.2. The largest absolute Gasteiger partial charge is 0.376 e. The highest BCUT2D eigenvalue weighted by Gasteiger charge is 2.33. The molecule has 5 heteroatoms. The Hall–Kier alpha value is -1.15. The number of amides is 1. The summed E-state index contributed by atoms with van der Waals surface area (Å²) in [6.45, 7) is 7.77. The molecule has 1 aliphatic heterocycles. The van der Waals surface area contributed by atoms with Crippen molar-refractivity contribution >= 4 is 17.7 Å². The van der Waals surface area contributed by atoms with E-state index in [-0.39, 0.29) is 22.4 Å². The molecule has 1 amide bonds. The van der Waals surface area contributed by atoms with Gasteiger partial charge in [0.2, 0.25) is 0 Å². The highest BCUT2D eigenvalue weighted by Crippen LogP contribution is 2.33. The molecule has 0 saturated heterocycles. The Kier molecular flexibility index (Phi) is 3.30. The summed E-state index contributed by atoms with van der Waals surface area (Å²) in [6.07, 6.45) is 0. The third kappa shape index (κ3) is 2.90. The number of carbonyl (C=O) groups excluding carboxylic acids is 1. The quantitative estimate of drug-likeness (QED) is 0.744. The van der Waals surface area contributed by atoms with Gasteiger partial charge in [0, 0.05) is 6.04 Å². The lowest BCUT2D eigenvalue weighted by atomic mass is 10.2. The summed E-state index contributed by atoms with van der Waals surface area (Å²) < 4.78 is 0. The van der Waals surface area contributed by atoms with Gasteiger partial charge in [0.25, 0.3) is 5.91 Å². The van der Waals surface area contributed by atoms with E-state index in [1.807, 2.05) is 33.8 Å². The third-order valence-electron chi connectivity index (χ3n) is 1.76. The van der Waals surface area contributed by atoms with Gasteiger partial charge in [0.05, 0.1) is 9.90 Å². The van der Waals surface area contributed by atoms with Crippen molar-refractivity contribution in [2.75, 3.05) is 0 Å². The van der Waals surface area contributed by atoms with E-state index >= 15 is 0 Å². The van der Waals surface area contributed by atoms with Crippen LogP contribution in [0.25, 0.3) is 0 Å². The van der Waals surface area contributed by atoms with Crippen molar-refractivity contribution in [1.82, 2.24) is 10.6 Å². The van der Waals surface area contributed by atoms with Gasteiger partial charge < -0.3 is 10.6 Å². The molecular weight excluding hydrogens is 210 g/mol. The van der Waals surface area contributed by atoms with Crippen molar-refractivity contribution in [2.24, 2.45) is 0 Å². The molecule has 0 saturated carbocycles. The molecule has 1 rings (SSSR count). The van der Waals surface area contributed by atoms with Gasteiger partial charge in [-0.15, -0.1) is 0 Å². The smallest absolute Gasteiger partial charge is 0.265 e. The minimum Gasteiger partial charge on any atom is -0.376 e. The summed E-state index contributed by atoms with van der Waals surface area (Å²) >= 11 is 1.47. The molecule has 2 N–H and O–H groups in total. The minimum absolute atomic E-state index is 0.174. The summed E-state index contributed by atoms with van der Waals surface area (Å²) in [6, 6.07) is 2.14. The first-order valence-electron chi connectivity index (χ1n) is 4.78. The van der Waals surface area contributed by atoms with E-state index in [1.165, 1.54) is 11.8 Å². The lowest BCUT2D eigenvalue weighted by Crippen LogP contribution is -2.46. The first kappa shape index (κ1) is 11.9. The summed E-state index contributed by atoms with van der Waals surface area (Å²) in [5.41, 5.74) is 0.174. The van der Waals surface area contributed by atoms with E-state index in [4.69, 9.17) is 5.26 Å². The molecule has 0 bridgehead atoms. The average Bonchev–Trinajstić information content (AvgIpc) is 1.99. The number of hydrogen-bond donors (Lipinski definition) is 2. The predicted molar refractivity (Wildman–Crippen MR) is 60.7 cm³/mol. The molecule has 1 heterocycles. The van der Waals surface area contributed by atoms with Gasteiger partial charge in [0.1, 0.15) is 11.6 Å². The SMILES string of the molecule is CC(C)NC1=C(C#N)C(=O)NC(C)(C)S1. The zero-order valence-electron chi connectivity index (χ0n) is 9.34. The molecule has 82 valence electrons. The lowest BCUT2D eigenvalue weighted by molar-refractivity contribution is -0.118. The average molecular weight is 225 g/mol. The van der Waals surface area contributed by atoms with Gasteiger partial charge in [-0.25, -0.2) is 0 Å². The fourth-order valence-corrected chi connectivity index (χ4v) is 2.43. The molecule has 0 aromatic rings. The van der Waals surface area contributed by atoms with Crippen LogP contribution in [0.2, 0.25) is 0 Å². The van der Waals surface area contributed by atoms with E-state index in [0.29, 0.717) is 5.03 Å². The molecular formula is C10H15N3OS. The summed E-state index contributed by atoms with van der Waals surface area (Å²) in [5, 5.41) is 15.5. The summed E-state index contributed by atoms with van der Waals surface area (Å²) in [5.74, 6) is -0.301. The maximum Gasteiger partial charge on any atom is 0.265 e. The van der Waals surface area contributed by atoms with E-state index in [1.54, 1.807) is 0 Å². The molecule has 0 radical (unpaired) electrons. The van der Waals surface area contributed by atoms with Crippen molar-refractivity contribution in [3.8, 4) is 6.07 Å². The molecule has 0 unspecified atom stereocenters. The van der Waals surface area contributed by atoms with Crippen LogP contribution in [0.3, 0.4) is 0 Å². The van der Waals surface area contributed by atoms with Gasteiger partial charge in [-0.1, -0.05) is 11.8 Å². The Morgan fingerprint density at radius 1 is 1.53 bits per heavy atom. The number of thioether (sulfide) groups is 1. The van der Waals surface area contributed by atoms with Crippen LogP contribution < -0.4 is 10.6 Å². The predicted octanol–water partition coefficient (Wildman–Crippen LogP) is 1.32. The normalized spacial score (nSPS) is 19.9. The maximum atomic E-state index is 11.6. The molecule has 0 aromatic heterocycles. The van der Waals surface area contributed by atoms with Crippen LogP contribution >= 0.6 is 11.8 Å². The Morgan fingerprint density at radius 2 is 2.13 bits per heavy atom. The molecule has 0 atom stereocenters. The van der Waals surface area contributed by atoms with Crippen LogP contribution in [0.1, 0.15) is 27.7 Å². The molecule has 0 aliphatic carbocycles. The number of nitrogens with one attached hydrogen (secondary N) is 2. The van der Waals surface area contributed by atoms with Crippen LogP contribution in [0.15, 0.2) is 10.6 Å². The standard InChI is InChI=1S/C10H15N3OS/c1-6(2)12-9-7(5-11)8(14)13-10(3,4)15-9/h6,12H,1-4H3,(H,13,14). The number of hydrogen-bond acceptors (Lipinski definition) is 4. The van der Waals surface area contributed by atoms with Gasteiger partial charge in [-0.3, -0.25) is 4.79 Å². The van der Waals surface area contributed by atoms with E-state index < -0.39 is 0 Å². The second-order valence-corrected chi connectivity index (χ2v) is 5.81. The van der Waals surface area contributed by atoms with Crippen LogP contribution in [0.5, 0.6) is 0 Å². The number of nitrogens with zero attached hydrogens (tertiary/aromatic N) is 1. The fourth-order valence-electron chi connectivity index (χ4n) is 1.24. The van der Waals surface area contributed by atoms with Crippen LogP contribution in [-0.4, -0.2) is 16.8 Å². The van der Waals surface area contributed by atoms with E-state index in [9.17, 15) is 4.79 Å². The van der Waals surface area contributed by atoms with Crippen LogP contribution in [0, 0.1) is 11.3 Å². The zero-order chi connectivity index (χ0) is 11.6. The van der Waals surface area contributed by atoms with Gasteiger partial charge in [-0.2, -0.15) is 5.26 Å². The molecule has 15 heavy (non-hydrogen) atoms. The monoisotopic (exact) mass is 225 g/mol. The van der Waals surface area contributed by atoms with Crippen LogP contribution in [-0.2, 0) is 4.79 Å². The Morgan fingerprint density at radius 3 is 2.60 bits per heavy atom. The van der Waals surface area contributed by atoms with Crippen molar-refractivity contribution in [3.05, 3.63) is 10.6 Å². The first-order valence-corrected chi connectivity index (χ1v) is 5.60. The molecule has 0 spiro atoms. The van der Waals surface area contributed by atoms with Gasteiger partial charge in [-0.05, 0) is 27.7 Å². The number of carbonyl (C=O) groups is 1. The molecule has 0 aromatic carbocycles. The second kappa shape index (κ2) is 4.15. The number of nitriles is 1. The van der Waals surface area contributed by atoms with Crippen molar-refractivity contribution in [2.45, 2.75) is 38.6 Å². The molecule has 1 aliphatic rings. The summed E-state index contributed by atoms with van der Waals surface area (Å²) in [4.78, 5) is 11.2. The topological polar surface area (TPSA) is 64.9 Å². The molecule has 0 fully saturated rings. The van der Waals surface area contributed by atoms with Crippen LogP contribution in [0.4, 0.5) is 0 Å². The fraction of sp³-hybridized carbons (Fsp3) is 0.600. The summed E-state index contributed by atoms with van der Waals surface area (Å²) in [7, 11) is 0. The molecule has 4 nitrogen and oxygen atoms in total. The van der Waals surface area contributed by atoms with Gasteiger partial charge >= 0.3 is 0 Å². The maximum absolute atomic E-state index is 11.6. The Labute approximate surface area is 94.1 Å². The van der Waals surface area contributed by atoms with E-state index in [2.05, 4.69) is 10.6 Å². The van der Waals surface area contributed by atoms with Crippen molar-refractivity contribution < 1.29 is 4.79 Å². The lowest BCUT2D eigenvalue weighted by Gasteiger charge is -2.32. The van der Waals surface area contributed by atoms with Crippen molar-refractivity contribution in [3.63, 3.8) is 0 Å². The van der Waals surface area contributed by atoms with E-state index in [0.717, 1.165) is 0 Å². The minimum atomic E-state index is -0.366.